The maximum atomic E-state index is 9.61. The van der Waals surface area contributed by atoms with Crippen molar-refractivity contribution in [1.82, 2.24) is 5.32 Å². The summed E-state index contributed by atoms with van der Waals surface area (Å²) in [6.45, 7) is 5.31. The van der Waals surface area contributed by atoms with Crippen molar-refractivity contribution in [3.63, 3.8) is 0 Å². The molecule has 0 atom stereocenters. The minimum Gasteiger partial charge on any atom is -0.508 e. The van der Waals surface area contributed by atoms with E-state index in [-0.39, 0.29) is 11.2 Å². The lowest BCUT2D eigenvalue weighted by Crippen LogP contribution is -2.47. The van der Waals surface area contributed by atoms with Crippen molar-refractivity contribution in [2.75, 3.05) is 19.8 Å². The number of nitrogens with one attached hydrogen (secondary N) is 1. The highest BCUT2D eigenvalue weighted by atomic mass is 35.5. The van der Waals surface area contributed by atoms with Gasteiger partial charge in [0.25, 0.3) is 0 Å². The molecule has 4 heteroatoms. The van der Waals surface area contributed by atoms with E-state index in [2.05, 4.69) is 12.2 Å². The Kier molecular flexibility index (Phi) is 3.38. The Labute approximate surface area is 100 Å². The van der Waals surface area contributed by atoms with Gasteiger partial charge in [-0.25, -0.2) is 0 Å². The van der Waals surface area contributed by atoms with E-state index in [0.717, 1.165) is 25.3 Å². The van der Waals surface area contributed by atoms with Crippen LogP contribution in [0.25, 0.3) is 0 Å². The Morgan fingerprint density at radius 1 is 1.50 bits per heavy atom. The Morgan fingerprint density at radius 2 is 2.25 bits per heavy atom. The first-order valence-electron chi connectivity index (χ1n) is 5.35. The van der Waals surface area contributed by atoms with Crippen LogP contribution in [-0.2, 0) is 11.3 Å². The Balaban J connectivity index is 1.87. The fourth-order valence-corrected chi connectivity index (χ4v) is 1.94. The van der Waals surface area contributed by atoms with Crippen molar-refractivity contribution >= 4 is 11.6 Å². The van der Waals surface area contributed by atoms with Crippen LogP contribution in [0.1, 0.15) is 12.5 Å². The van der Waals surface area contributed by atoms with E-state index >= 15 is 0 Å². The molecule has 0 saturated carbocycles. The number of phenols is 1. The van der Waals surface area contributed by atoms with Crippen LogP contribution in [0.5, 0.6) is 5.75 Å². The van der Waals surface area contributed by atoms with Gasteiger partial charge in [-0.2, -0.15) is 0 Å². The Hall–Kier alpha value is -0.770. The fraction of sp³-hybridized carbons (Fsp3) is 0.500. The van der Waals surface area contributed by atoms with Gasteiger partial charge in [0.1, 0.15) is 5.75 Å². The zero-order valence-corrected chi connectivity index (χ0v) is 10.0. The summed E-state index contributed by atoms with van der Waals surface area (Å²) in [4.78, 5) is 0. The molecule has 0 radical (unpaired) electrons. The number of rotatable bonds is 4. The number of halogens is 1. The summed E-state index contributed by atoms with van der Waals surface area (Å²) in [5.74, 6) is 0.284. The van der Waals surface area contributed by atoms with Crippen molar-refractivity contribution in [2.45, 2.75) is 13.5 Å². The summed E-state index contributed by atoms with van der Waals surface area (Å²) in [7, 11) is 0. The highest BCUT2D eigenvalue weighted by molar-refractivity contribution is 6.30. The van der Waals surface area contributed by atoms with Gasteiger partial charge in [0.2, 0.25) is 0 Å². The van der Waals surface area contributed by atoms with Crippen LogP contribution in [0.2, 0.25) is 5.02 Å². The second-order valence-corrected chi connectivity index (χ2v) is 5.12. The van der Waals surface area contributed by atoms with E-state index in [0.29, 0.717) is 11.6 Å². The number of hydrogen-bond acceptors (Lipinski definition) is 3. The van der Waals surface area contributed by atoms with Gasteiger partial charge in [0.15, 0.2) is 0 Å². The van der Waals surface area contributed by atoms with Crippen molar-refractivity contribution in [3.8, 4) is 5.75 Å². The fourth-order valence-electron chi connectivity index (χ4n) is 1.75. The van der Waals surface area contributed by atoms with Gasteiger partial charge in [-0.15, -0.1) is 0 Å². The average molecular weight is 242 g/mol. The lowest BCUT2D eigenvalue weighted by molar-refractivity contribution is -0.0991. The highest BCUT2D eigenvalue weighted by Crippen LogP contribution is 2.26. The number of ether oxygens (including phenoxy) is 1. The van der Waals surface area contributed by atoms with Crippen molar-refractivity contribution in [3.05, 3.63) is 28.8 Å². The number of phenolic OH excluding ortho intramolecular Hbond substituents is 1. The molecule has 16 heavy (non-hydrogen) atoms. The van der Waals surface area contributed by atoms with Crippen LogP contribution in [-0.4, -0.2) is 24.9 Å². The van der Waals surface area contributed by atoms with Crippen LogP contribution in [0.15, 0.2) is 18.2 Å². The molecule has 88 valence electrons. The number of hydrogen-bond donors (Lipinski definition) is 2. The maximum absolute atomic E-state index is 9.61. The van der Waals surface area contributed by atoms with Crippen LogP contribution in [0, 0.1) is 5.41 Å². The molecule has 2 N–H and O–H groups in total. The molecular weight excluding hydrogens is 226 g/mol. The van der Waals surface area contributed by atoms with E-state index < -0.39 is 0 Å². The standard InChI is InChI=1S/C12H16ClNO2/c1-12(7-16-8-12)6-14-5-9-4-10(13)2-3-11(9)15/h2-4,14-15H,5-8H2,1H3. The molecule has 0 bridgehead atoms. The highest BCUT2D eigenvalue weighted by Gasteiger charge is 2.32. The summed E-state index contributed by atoms with van der Waals surface area (Å²) >= 11 is 5.87. The van der Waals surface area contributed by atoms with Crippen LogP contribution in [0.3, 0.4) is 0 Å². The molecule has 0 spiro atoms. The molecule has 1 heterocycles. The molecule has 1 aromatic carbocycles. The molecule has 1 aromatic rings. The molecule has 1 saturated heterocycles. The van der Waals surface area contributed by atoms with Gasteiger partial charge in [-0.3, -0.25) is 0 Å². The lowest BCUT2D eigenvalue weighted by atomic mass is 9.89. The second kappa shape index (κ2) is 4.62. The van der Waals surface area contributed by atoms with Gasteiger partial charge in [-0.05, 0) is 18.2 Å². The second-order valence-electron chi connectivity index (χ2n) is 4.68. The van der Waals surface area contributed by atoms with E-state index in [9.17, 15) is 5.11 Å². The summed E-state index contributed by atoms with van der Waals surface area (Å²) in [6.07, 6.45) is 0. The normalized spacial score (nSPS) is 18.1. The number of aromatic hydroxyl groups is 1. The van der Waals surface area contributed by atoms with Crippen molar-refractivity contribution in [1.29, 1.82) is 0 Å². The van der Waals surface area contributed by atoms with Gasteiger partial charge in [0, 0.05) is 29.1 Å². The molecule has 0 unspecified atom stereocenters. The topological polar surface area (TPSA) is 41.5 Å². The molecule has 1 aliphatic rings. The molecule has 2 rings (SSSR count). The zero-order valence-electron chi connectivity index (χ0n) is 9.29. The molecule has 0 aromatic heterocycles. The SMILES string of the molecule is CC1(CNCc2cc(Cl)ccc2O)COC1. The maximum Gasteiger partial charge on any atom is 0.120 e. The summed E-state index contributed by atoms with van der Waals surface area (Å²) < 4.78 is 5.17. The van der Waals surface area contributed by atoms with Gasteiger partial charge in [0.05, 0.1) is 13.2 Å². The van der Waals surface area contributed by atoms with E-state index in [1.165, 1.54) is 0 Å². The summed E-state index contributed by atoms with van der Waals surface area (Å²) in [5, 5.41) is 13.6. The molecule has 0 amide bonds. The molecule has 3 nitrogen and oxygen atoms in total. The third-order valence-corrected chi connectivity index (χ3v) is 3.04. The predicted molar refractivity (Wildman–Crippen MR) is 63.7 cm³/mol. The first-order valence-corrected chi connectivity index (χ1v) is 5.73. The summed E-state index contributed by atoms with van der Waals surface area (Å²) in [6, 6.07) is 5.08. The zero-order chi connectivity index (χ0) is 11.6. The monoisotopic (exact) mass is 241 g/mol. The third-order valence-electron chi connectivity index (χ3n) is 2.81. The predicted octanol–water partition coefficient (Wildman–Crippen LogP) is 2.17. The van der Waals surface area contributed by atoms with Crippen molar-refractivity contribution in [2.24, 2.45) is 5.41 Å². The first kappa shape index (κ1) is 11.7. The van der Waals surface area contributed by atoms with E-state index in [1.54, 1.807) is 18.2 Å². The first-order chi connectivity index (χ1) is 7.59. The third kappa shape index (κ3) is 2.67. The van der Waals surface area contributed by atoms with E-state index in [4.69, 9.17) is 16.3 Å². The average Bonchev–Trinajstić information content (AvgIpc) is 2.21. The van der Waals surface area contributed by atoms with Gasteiger partial charge in [-0.1, -0.05) is 18.5 Å². The Bertz CT molecular complexity index is 377. The molecule has 1 fully saturated rings. The lowest BCUT2D eigenvalue weighted by Gasteiger charge is -2.38. The Morgan fingerprint density at radius 3 is 2.88 bits per heavy atom. The minimum absolute atomic E-state index is 0.244. The molecule has 0 aliphatic carbocycles. The molecular formula is C12H16ClNO2. The minimum atomic E-state index is 0.244. The smallest absolute Gasteiger partial charge is 0.120 e. The van der Waals surface area contributed by atoms with Gasteiger partial charge >= 0.3 is 0 Å². The van der Waals surface area contributed by atoms with E-state index in [1.807, 2.05) is 0 Å². The molecule has 1 aliphatic heterocycles. The largest absolute Gasteiger partial charge is 0.508 e. The van der Waals surface area contributed by atoms with Gasteiger partial charge < -0.3 is 15.2 Å². The van der Waals surface area contributed by atoms with Crippen LogP contribution < -0.4 is 5.32 Å². The van der Waals surface area contributed by atoms with Crippen LogP contribution in [0.4, 0.5) is 0 Å². The summed E-state index contributed by atoms with van der Waals surface area (Å²) in [5.41, 5.74) is 1.07. The quantitative estimate of drug-likeness (QED) is 0.849. The van der Waals surface area contributed by atoms with Crippen LogP contribution >= 0.6 is 11.6 Å². The van der Waals surface area contributed by atoms with Crippen molar-refractivity contribution < 1.29 is 9.84 Å². The number of benzene rings is 1.